The quantitative estimate of drug-likeness (QED) is 0.246. The lowest BCUT2D eigenvalue weighted by Gasteiger charge is -2.27. The molecule has 1 atom stereocenters. The van der Waals surface area contributed by atoms with Crippen molar-refractivity contribution in [2.24, 2.45) is 0 Å². The van der Waals surface area contributed by atoms with Crippen LogP contribution in [0, 0.1) is 6.92 Å². The Kier molecular flexibility index (Phi) is 7.74. The van der Waals surface area contributed by atoms with Crippen LogP contribution < -0.4 is 9.47 Å². The van der Waals surface area contributed by atoms with Gasteiger partial charge in [0.15, 0.2) is 11.6 Å². The van der Waals surface area contributed by atoms with Gasteiger partial charge in [0.05, 0.1) is 6.61 Å². The van der Waals surface area contributed by atoms with Crippen LogP contribution in [0.15, 0.2) is 71.6 Å². The van der Waals surface area contributed by atoms with Crippen molar-refractivity contribution in [3.8, 4) is 11.5 Å². The van der Waals surface area contributed by atoms with Crippen molar-refractivity contribution < 1.29 is 28.5 Å². The average Bonchev–Trinajstić information content (AvgIpc) is 3.53. The number of aromatic nitrogens is 1. The molecule has 1 aliphatic heterocycles. The molecule has 1 aliphatic rings. The lowest BCUT2D eigenvalue weighted by atomic mass is 10.1. The summed E-state index contributed by atoms with van der Waals surface area (Å²) in [6.45, 7) is 3.88. The third-order valence-electron chi connectivity index (χ3n) is 4.95. The Labute approximate surface area is 210 Å². The van der Waals surface area contributed by atoms with E-state index in [0.29, 0.717) is 41.1 Å². The average molecular weight is 546 g/mol. The van der Waals surface area contributed by atoms with E-state index >= 15 is 0 Å². The normalized spacial score (nSPS) is 14.7. The van der Waals surface area contributed by atoms with Gasteiger partial charge < -0.3 is 23.7 Å². The number of esters is 1. The van der Waals surface area contributed by atoms with Gasteiger partial charge in [0, 0.05) is 18.0 Å². The van der Waals surface area contributed by atoms with E-state index in [2.05, 4.69) is 20.9 Å². The Hall–Kier alpha value is -3.04. The van der Waals surface area contributed by atoms with Gasteiger partial charge in [-0.1, -0.05) is 30.3 Å². The number of halogens is 1. The van der Waals surface area contributed by atoms with Crippen LogP contribution in [0.2, 0.25) is 0 Å². The maximum absolute atomic E-state index is 11.6. The van der Waals surface area contributed by atoms with Gasteiger partial charge in [0.25, 0.3) is 4.51 Å². The second-order valence-electron chi connectivity index (χ2n) is 7.38. The van der Waals surface area contributed by atoms with E-state index in [4.69, 9.17) is 23.7 Å². The minimum atomic E-state index is -1.18. The van der Waals surface area contributed by atoms with Gasteiger partial charge in [-0.15, -0.1) is 11.3 Å². The van der Waals surface area contributed by atoms with Crippen molar-refractivity contribution in [1.29, 1.82) is 0 Å². The molecule has 0 saturated carbocycles. The van der Waals surface area contributed by atoms with E-state index in [-0.39, 0.29) is 13.4 Å². The lowest BCUT2D eigenvalue weighted by Crippen LogP contribution is -2.30. The Bertz CT molecular complexity index is 1150. The zero-order valence-corrected chi connectivity index (χ0v) is 21.2. The molecule has 0 bridgehead atoms. The zero-order valence-electron chi connectivity index (χ0n) is 18.8. The molecule has 7 nitrogen and oxygen atoms in total. The summed E-state index contributed by atoms with van der Waals surface area (Å²) >= 11 is 5.21. The van der Waals surface area contributed by atoms with Crippen LogP contribution in [-0.2, 0) is 29.9 Å². The van der Waals surface area contributed by atoms with Crippen LogP contribution in [0.25, 0.3) is 0 Å². The number of carbonyl (C=O) groups is 1. The van der Waals surface area contributed by atoms with Gasteiger partial charge in [-0.2, -0.15) is 0 Å². The highest BCUT2D eigenvalue weighted by Crippen LogP contribution is 2.46. The molecule has 3 aromatic rings. The summed E-state index contributed by atoms with van der Waals surface area (Å²) in [5, 5.41) is 2.54. The molecule has 0 saturated heterocycles. The van der Waals surface area contributed by atoms with E-state index in [9.17, 15) is 4.79 Å². The van der Waals surface area contributed by atoms with Crippen molar-refractivity contribution in [3.63, 3.8) is 0 Å². The number of ether oxygens (including phenoxy) is 5. The number of carbonyl (C=O) groups excluding carboxylic acids is 1. The summed E-state index contributed by atoms with van der Waals surface area (Å²) in [5.41, 5.74) is 1.89. The van der Waals surface area contributed by atoms with E-state index in [1.165, 1.54) is 11.3 Å². The zero-order chi connectivity index (χ0) is 24.0. The van der Waals surface area contributed by atoms with Gasteiger partial charge in [-0.05, 0) is 59.1 Å². The SMILES string of the molecule is CCOC(=O)COc1ccc(OC(Br)(C2=C(Cc3ccccc3)OCO2)c2nccs2)cc1C. The second-order valence-corrected chi connectivity index (χ2v) is 9.39. The molecule has 0 N–H and O–H groups in total. The van der Waals surface area contributed by atoms with E-state index in [1.54, 1.807) is 25.3 Å². The molecule has 0 spiro atoms. The number of allylic oxidation sites excluding steroid dienone is 1. The lowest BCUT2D eigenvalue weighted by molar-refractivity contribution is -0.145. The topological polar surface area (TPSA) is 76.1 Å². The molecule has 178 valence electrons. The molecule has 1 aromatic heterocycles. The summed E-state index contributed by atoms with van der Waals surface area (Å²) in [6.07, 6.45) is 2.27. The first kappa shape index (κ1) is 24.1. The highest BCUT2D eigenvalue weighted by atomic mass is 79.9. The molecule has 0 fully saturated rings. The van der Waals surface area contributed by atoms with Crippen molar-refractivity contribution in [2.75, 3.05) is 20.0 Å². The Morgan fingerprint density at radius 3 is 2.74 bits per heavy atom. The van der Waals surface area contributed by atoms with Crippen LogP contribution in [0.5, 0.6) is 11.5 Å². The van der Waals surface area contributed by atoms with Crippen molar-refractivity contribution >= 4 is 33.2 Å². The summed E-state index contributed by atoms with van der Waals surface area (Å²) < 4.78 is 27.5. The number of hydrogen-bond donors (Lipinski definition) is 0. The number of hydrogen-bond acceptors (Lipinski definition) is 8. The largest absolute Gasteiger partial charge is 0.482 e. The number of benzene rings is 2. The van der Waals surface area contributed by atoms with Crippen LogP contribution in [0.1, 0.15) is 23.1 Å². The van der Waals surface area contributed by atoms with E-state index in [0.717, 1.165) is 11.1 Å². The Morgan fingerprint density at radius 2 is 2.03 bits per heavy atom. The third-order valence-corrected chi connectivity index (χ3v) is 6.99. The van der Waals surface area contributed by atoms with Crippen LogP contribution >= 0.6 is 27.3 Å². The second kappa shape index (κ2) is 10.9. The maximum atomic E-state index is 11.6. The summed E-state index contributed by atoms with van der Waals surface area (Å²) in [4.78, 5) is 16.1. The van der Waals surface area contributed by atoms with Gasteiger partial charge in [0.1, 0.15) is 17.3 Å². The van der Waals surface area contributed by atoms with Gasteiger partial charge in [-0.25, -0.2) is 9.78 Å². The van der Waals surface area contributed by atoms with Crippen molar-refractivity contribution in [3.05, 3.63) is 87.8 Å². The molecule has 1 unspecified atom stereocenters. The molecule has 34 heavy (non-hydrogen) atoms. The smallest absolute Gasteiger partial charge is 0.344 e. The van der Waals surface area contributed by atoms with E-state index < -0.39 is 10.5 Å². The molecule has 9 heteroatoms. The Balaban J connectivity index is 1.60. The summed E-state index contributed by atoms with van der Waals surface area (Å²) in [7, 11) is 0. The van der Waals surface area contributed by atoms with Gasteiger partial charge in [-0.3, -0.25) is 0 Å². The van der Waals surface area contributed by atoms with Gasteiger partial charge in [0.2, 0.25) is 12.6 Å². The number of alkyl halides is 1. The van der Waals surface area contributed by atoms with Crippen molar-refractivity contribution in [2.45, 2.75) is 24.8 Å². The predicted molar refractivity (Wildman–Crippen MR) is 131 cm³/mol. The fraction of sp³-hybridized carbons (Fsp3) is 0.280. The molecule has 0 radical (unpaired) electrons. The van der Waals surface area contributed by atoms with Gasteiger partial charge >= 0.3 is 5.97 Å². The number of thiazole rings is 1. The highest BCUT2D eigenvalue weighted by molar-refractivity contribution is 9.09. The fourth-order valence-corrected chi connectivity index (χ4v) is 4.97. The number of nitrogens with zero attached hydrogens (tertiary/aromatic N) is 1. The minimum Gasteiger partial charge on any atom is -0.482 e. The number of rotatable bonds is 10. The first-order valence-electron chi connectivity index (χ1n) is 10.7. The van der Waals surface area contributed by atoms with Crippen LogP contribution in [0.3, 0.4) is 0 Å². The number of aryl methyl sites for hydroxylation is 1. The Morgan fingerprint density at radius 1 is 1.21 bits per heavy atom. The first-order valence-corrected chi connectivity index (χ1v) is 12.4. The maximum Gasteiger partial charge on any atom is 0.344 e. The molecule has 0 amide bonds. The predicted octanol–water partition coefficient (Wildman–Crippen LogP) is 5.48. The standard InChI is InChI=1S/C25H24BrNO6S/c1-3-29-22(28)15-30-20-10-9-19(13-17(20)2)33-25(26,24-27-11-12-34-24)23-21(31-16-32-23)14-18-7-5-4-6-8-18/h4-13H,3,14-16H2,1-2H3. The molecular formula is C25H24BrNO6S. The first-order chi connectivity index (χ1) is 16.5. The fourth-order valence-electron chi connectivity index (χ4n) is 3.41. The van der Waals surface area contributed by atoms with Crippen molar-refractivity contribution in [1.82, 2.24) is 4.98 Å². The minimum absolute atomic E-state index is 0.0965. The monoisotopic (exact) mass is 545 g/mol. The van der Waals surface area contributed by atoms with Crippen LogP contribution in [-0.4, -0.2) is 31.0 Å². The molecule has 2 aromatic carbocycles. The molecule has 4 rings (SSSR count). The summed E-state index contributed by atoms with van der Waals surface area (Å²) in [6, 6.07) is 15.4. The molecule has 2 heterocycles. The summed E-state index contributed by atoms with van der Waals surface area (Å²) in [5.74, 6) is 1.91. The third kappa shape index (κ3) is 5.53. The molecular weight excluding hydrogens is 522 g/mol. The van der Waals surface area contributed by atoms with E-state index in [1.807, 2.05) is 48.7 Å². The van der Waals surface area contributed by atoms with Crippen LogP contribution in [0.4, 0.5) is 0 Å². The highest BCUT2D eigenvalue weighted by Gasteiger charge is 2.45. The molecule has 0 aliphatic carbocycles.